The number of nitrogens with zero attached hydrogens (tertiary/aromatic N) is 3. The van der Waals surface area contributed by atoms with Crippen LogP contribution in [0, 0.1) is 6.92 Å². The first-order valence-electron chi connectivity index (χ1n) is 10.6. The lowest BCUT2D eigenvalue weighted by Gasteiger charge is -2.17. The number of aryl methyl sites for hydroxylation is 1. The number of aromatic nitrogens is 2. The van der Waals surface area contributed by atoms with Gasteiger partial charge in [-0.2, -0.15) is 4.98 Å². The van der Waals surface area contributed by atoms with Crippen molar-refractivity contribution in [2.75, 3.05) is 11.4 Å². The molecule has 0 atom stereocenters. The summed E-state index contributed by atoms with van der Waals surface area (Å²) in [5.41, 5.74) is 3.66. The molecule has 160 valence electrons. The molecule has 0 spiro atoms. The fourth-order valence-corrected chi connectivity index (χ4v) is 4.01. The van der Waals surface area contributed by atoms with E-state index in [0.717, 1.165) is 33.2 Å². The van der Waals surface area contributed by atoms with Crippen LogP contribution in [0.15, 0.2) is 65.2 Å². The van der Waals surface area contributed by atoms with Crippen molar-refractivity contribution in [3.63, 3.8) is 0 Å². The van der Waals surface area contributed by atoms with Crippen LogP contribution < -0.4 is 10.2 Å². The zero-order valence-electron chi connectivity index (χ0n) is 17.7. The Hall–Kier alpha value is -4.00. The maximum atomic E-state index is 12.8. The van der Waals surface area contributed by atoms with Crippen molar-refractivity contribution in [2.45, 2.75) is 26.3 Å². The summed E-state index contributed by atoms with van der Waals surface area (Å²) >= 11 is 0. The summed E-state index contributed by atoms with van der Waals surface area (Å²) in [5.74, 6) is 0.718. The molecule has 7 nitrogen and oxygen atoms in total. The van der Waals surface area contributed by atoms with Crippen LogP contribution >= 0.6 is 0 Å². The molecule has 2 amide bonds. The number of rotatable bonds is 7. The number of hydrogen-bond acceptors (Lipinski definition) is 5. The van der Waals surface area contributed by atoms with Crippen LogP contribution in [0.5, 0.6) is 0 Å². The monoisotopic (exact) mass is 426 g/mol. The molecule has 1 aliphatic rings. The molecule has 1 aromatic heterocycles. The zero-order valence-corrected chi connectivity index (χ0v) is 17.7. The normalized spacial score (nSPS) is 12.5. The molecule has 1 aliphatic heterocycles. The molecular formula is C25H22N4O3. The van der Waals surface area contributed by atoms with E-state index in [2.05, 4.69) is 15.5 Å². The minimum atomic E-state index is -0.123. The van der Waals surface area contributed by atoms with Crippen LogP contribution in [0.4, 0.5) is 5.69 Å². The topological polar surface area (TPSA) is 88.3 Å². The predicted molar refractivity (Wildman–Crippen MR) is 121 cm³/mol. The highest BCUT2D eigenvalue weighted by Crippen LogP contribution is 2.37. The lowest BCUT2D eigenvalue weighted by molar-refractivity contribution is -0.121. The van der Waals surface area contributed by atoms with E-state index in [9.17, 15) is 9.59 Å². The molecule has 2 heterocycles. The second-order valence-corrected chi connectivity index (χ2v) is 7.90. The van der Waals surface area contributed by atoms with E-state index < -0.39 is 0 Å². The van der Waals surface area contributed by atoms with Crippen LogP contribution in [-0.4, -0.2) is 28.5 Å². The van der Waals surface area contributed by atoms with Crippen LogP contribution in [0.25, 0.3) is 22.2 Å². The summed E-state index contributed by atoms with van der Waals surface area (Å²) in [4.78, 5) is 31.2. The SMILES string of the molecule is Cc1ccc(-c2noc(CNC(=O)CCCN3C(=O)c4cccc5cccc3c45)n2)cc1. The zero-order chi connectivity index (χ0) is 22.1. The van der Waals surface area contributed by atoms with Crippen molar-refractivity contribution in [1.29, 1.82) is 0 Å². The molecule has 4 aromatic rings. The van der Waals surface area contributed by atoms with Gasteiger partial charge in [-0.1, -0.05) is 59.3 Å². The van der Waals surface area contributed by atoms with Gasteiger partial charge in [0.25, 0.3) is 5.91 Å². The van der Waals surface area contributed by atoms with Crippen molar-refractivity contribution < 1.29 is 14.1 Å². The lowest BCUT2D eigenvalue weighted by Crippen LogP contribution is -2.29. The molecule has 0 fully saturated rings. The minimum Gasteiger partial charge on any atom is -0.347 e. The van der Waals surface area contributed by atoms with Crippen LogP contribution in [-0.2, 0) is 11.3 Å². The van der Waals surface area contributed by atoms with Crippen LogP contribution in [0.1, 0.15) is 34.7 Å². The van der Waals surface area contributed by atoms with Gasteiger partial charge in [-0.3, -0.25) is 9.59 Å². The number of carbonyl (C=O) groups is 2. The maximum absolute atomic E-state index is 12.8. The molecule has 0 saturated carbocycles. The van der Waals surface area contributed by atoms with Crippen LogP contribution in [0.3, 0.4) is 0 Å². The smallest absolute Gasteiger partial charge is 0.258 e. The molecular weight excluding hydrogens is 404 g/mol. The van der Waals surface area contributed by atoms with E-state index in [1.807, 2.05) is 67.6 Å². The van der Waals surface area contributed by atoms with E-state index in [0.29, 0.717) is 31.1 Å². The first-order valence-corrected chi connectivity index (χ1v) is 10.6. The number of amides is 2. The number of benzene rings is 3. The Morgan fingerprint density at radius 1 is 1.06 bits per heavy atom. The summed E-state index contributed by atoms with van der Waals surface area (Å²) in [6, 6.07) is 19.5. The Morgan fingerprint density at radius 3 is 2.66 bits per heavy atom. The van der Waals surface area contributed by atoms with E-state index in [1.165, 1.54) is 0 Å². The lowest BCUT2D eigenvalue weighted by atomic mass is 10.1. The predicted octanol–water partition coefficient (Wildman–Crippen LogP) is 4.26. The standard InChI is InChI=1S/C25H22N4O3/c1-16-10-12-18(13-11-16)24-27-22(32-28-24)15-26-21(30)9-4-14-29-20-8-3-6-17-5-2-7-19(23(17)20)25(29)31/h2-3,5-8,10-13H,4,9,14-15H2,1H3,(H,26,30). The number of anilines is 1. The molecule has 0 unspecified atom stereocenters. The summed E-state index contributed by atoms with van der Waals surface area (Å²) in [5, 5.41) is 8.83. The van der Waals surface area contributed by atoms with Crippen molar-refractivity contribution >= 4 is 28.3 Å². The molecule has 1 N–H and O–H groups in total. The largest absolute Gasteiger partial charge is 0.347 e. The first-order chi connectivity index (χ1) is 15.6. The minimum absolute atomic E-state index is 0.00768. The Labute approximate surface area is 185 Å². The third kappa shape index (κ3) is 3.73. The molecule has 0 radical (unpaired) electrons. The Balaban J connectivity index is 1.14. The summed E-state index contributed by atoms with van der Waals surface area (Å²) < 4.78 is 5.24. The molecule has 5 rings (SSSR count). The van der Waals surface area contributed by atoms with Gasteiger partial charge in [-0.15, -0.1) is 0 Å². The fraction of sp³-hybridized carbons (Fsp3) is 0.200. The highest BCUT2D eigenvalue weighted by Gasteiger charge is 2.29. The Kier molecular flexibility index (Phi) is 5.15. The molecule has 0 saturated heterocycles. The average molecular weight is 426 g/mol. The van der Waals surface area contributed by atoms with Crippen molar-refractivity contribution in [3.8, 4) is 11.4 Å². The third-order valence-corrected chi connectivity index (χ3v) is 5.65. The number of carbonyl (C=O) groups excluding carboxylic acids is 2. The highest BCUT2D eigenvalue weighted by atomic mass is 16.5. The van der Waals surface area contributed by atoms with Gasteiger partial charge in [-0.05, 0) is 30.9 Å². The van der Waals surface area contributed by atoms with E-state index >= 15 is 0 Å². The van der Waals surface area contributed by atoms with Gasteiger partial charge in [0.15, 0.2) is 0 Å². The molecule has 7 heteroatoms. The molecule has 3 aromatic carbocycles. The van der Waals surface area contributed by atoms with E-state index in [1.54, 1.807) is 4.90 Å². The maximum Gasteiger partial charge on any atom is 0.258 e. The summed E-state index contributed by atoms with van der Waals surface area (Å²) in [6.07, 6.45) is 0.857. The average Bonchev–Trinajstić information content (AvgIpc) is 3.39. The van der Waals surface area contributed by atoms with Gasteiger partial charge >= 0.3 is 0 Å². The number of nitrogens with one attached hydrogen (secondary N) is 1. The van der Waals surface area contributed by atoms with Gasteiger partial charge in [-0.25, -0.2) is 0 Å². The van der Waals surface area contributed by atoms with Crippen molar-refractivity contribution in [2.24, 2.45) is 0 Å². The number of hydrogen-bond donors (Lipinski definition) is 1. The van der Waals surface area contributed by atoms with Gasteiger partial charge in [0.05, 0.1) is 12.2 Å². The molecule has 0 aliphatic carbocycles. The second-order valence-electron chi connectivity index (χ2n) is 7.90. The first kappa shape index (κ1) is 19.9. The Bertz CT molecular complexity index is 1310. The van der Waals surface area contributed by atoms with Gasteiger partial charge < -0.3 is 14.7 Å². The third-order valence-electron chi connectivity index (χ3n) is 5.65. The summed E-state index contributed by atoms with van der Waals surface area (Å²) in [7, 11) is 0. The highest BCUT2D eigenvalue weighted by molar-refractivity contribution is 6.25. The van der Waals surface area contributed by atoms with Crippen molar-refractivity contribution in [3.05, 3.63) is 77.7 Å². The van der Waals surface area contributed by atoms with Crippen LogP contribution in [0.2, 0.25) is 0 Å². The van der Waals surface area contributed by atoms with Gasteiger partial charge in [0.2, 0.25) is 17.6 Å². The van der Waals surface area contributed by atoms with Gasteiger partial charge in [0.1, 0.15) is 0 Å². The molecule has 0 bridgehead atoms. The van der Waals surface area contributed by atoms with E-state index in [-0.39, 0.29) is 18.4 Å². The van der Waals surface area contributed by atoms with Crippen molar-refractivity contribution in [1.82, 2.24) is 15.5 Å². The quantitative estimate of drug-likeness (QED) is 0.477. The summed E-state index contributed by atoms with van der Waals surface area (Å²) in [6.45, 7) is 2.67. The second kappa shape index (κ2) is 8.26. The Morgan fingerprint density at radius 2 is 1.84 bits per heavy atom. The van der Waals surface area contributed by atoms with Gasteiger partial charge in [0, 0.05) is 29.5 Å². The van der Waals surface area contributed by atoms with E-state index in [4.69, 9.17) is 4.52 Å². The molecule has 32 heavy (non-hydrogen) atoms. The fourth-order valence-electron chi connectivity index (χ4n) is 4.01.